The second-order valence-corrected chi connectivity index (χ2v) is 6.66. The van der Waals surface area contributed by atoms with Gasteiger partial charge in [-0.1, -0.05) is 55.1 Å². The number of aliphatic imine (C=N–C) groups is 1. The number of carbonyl (C=O) groups excluding carboxylic acids is 2. The van der Waals surface area contributed by atoms with Gasteiger partial charge in [0.2, 0.25) is 5.91 Å². The van der Waals surface area contributed by atoms with Crippen LogP contribution < -0.4 is 22.1 Å². The van der Waals surface area contributed by atoms with E-state index in [1.807, 2.05) is 48.5 Å². The lowest BCUT2D eigenvalue weighted by molar-refractivity contribution is -0.120. The van der Waals surface area contributed by atoms with E-state index in [-0.39, 0.29) is 17.4 Å². The minimum absolute atomic E-state index is 0.0368. The Bertz CT molecular complexity index is 945. The summed E-state index contributed by atoms with van der Waals surface area (Å²) in [5, 5.41) is 5.40. The van der Waals surface area contributed by atoms with Crippen molar-refractivity contribution in [1.82, 2.24) is 10.6 Å². The first-order chi connectivity index (χ1) is 14.4. The molecule has 0 radical (unpaired) electrons. The molecule has 7 nitrogen and oxygen atoms in total. The van der Waals surface area contributed by atoms with Crippen LogP contribution in [-0.4, -0.2) is 25.1 Å². The summed E-state index contributed by atoms with van der Waals surface area (Å²) in [7, 11) is 1.61. The van der Waals surface area contributed by atoms with Crippen LogP contribution in [0.5, 0.6) is 0 Å². The number of benzene rings is 2. The zero-order valence-electron chi connectivity index (χ0n) is 17.0. The van der Waals surface area contributed by atoms with Crippen LogP contribution >= 0.6 is 0 Å². The number of rotatable bonds is 9. The first kappa shape index (κ1) is 22.4. The molecular weight excluding hydrogens is 378 g/mol. The molecule has 0 aliphatic carbocycles. The van der Waals surface area contributed by atoms with Gasteiger partial charge in [0.1, 0.15) is 0 Å². The summed E-state index contributed by atoms with van der Waals surface area (Å²) in [6, 6.07) is 15.0. The molecule has 0 heterocycles. The van der Waals surface area contributed by atoms with Gasteiger partial charge in [-0.15, -0.1) is 0 Å². The summed E-state index contributed by atoms with van der Waals surface area (Å²) < 4.78 is 0. The maximum Gasteiger partial charge on any atom is 0.254 e. The molecule has 156 valence electrons. The summed E-state index contributed by atoms with van der Waals surface area (Å²) in [6.45, 7) is 4.44. The average Bonchev–Trinajstić information content (AvgIpc) is 2.76. The van der Waals surface area contributed by atoms with Crippen molar-refractivity contribution in [1.29, 1.82) is 0 Å². The van der Waals surface area contributed by atoms with E-state index in [0.717, 1.165) is 22.3 Å². The Labute approximate surface area is 176 Å². The third-order valence-corrected chi connectivity index (χ3v) is 4.39. The van der Waals surface area contributed by atoms with Gasteiger partial charge >= 0.3 is 0 Å². The van der Waals surface area contributed by atoms with Crippen LogP contribution in [0.1, 0.15) is 22.3 Å². The van der Waals surface area contributed by atoms with Gasteiger partial charge < -0.3 is 22.1 Å². The molecule has 0 fully saturated rings. The highest BCUT2D eigenvalue weighted by Crippen LogP contribution is 2.09. The molecule has 0 bridgehead atoms. The fourth-order valence-corrected chi connectivity index (χ4v) is 2.58. The number of carbonyl (C=O) groups is 2. The van der Waals surface area contributed by atoms with Crippen LogP contribution in [0.25, 0.3) is 5.70 Å². The second kappa shape index (κ2) is 11.2. The van der Waals surface area contributed by atoms with Crippen molar-refractivity contribution in [2.45, 2.75) is 19.5 Å². The van der Waals surface area contributed by atoms with Crippen molar-refractivity contribution in [2.75, 3.05) is 7.05 Å². The third-order valence-electron chi connectivity index (χ3n) is 4.39. The van der Waals surface area contributed by atoms with Crippen LogP contribution in [0.3, 0.4) is 0 Å². The lowest BCUT2D eigenvalue weighted by Crippen LogP contribution is -2.25. The first-order valence-electron chi connectivity index (χ1n) is 9.45. The standard InChI is InChI=1S/C23H27N5O2/c1-16(25)20-9-7-19(8-10-20)14-28-23(30)21(12-24)15-27-13-18-5-3-17(4-6-18)11-22(29)26-2/h3-10,12,15H,1,11,13-14,24-25H2,2H3,(H,26,29)(H,28,30)/b21-12+,27-15?. The summed E-state index contributed by atoms with van der Waals surface area (Å²) >= 11 is 0. The quantitative estimate of drug-likeness (QED) is 0.374. The Kier molecular flexibility index (Phi) is 8.38. The van der Waals surface area contributed by atoms with E-state index >= 15 is 0 Å². The van der Waals surface area contributed by atoms with Crippen molar-refractivity contribution in [3.05, 3.63) is 89.1 Å². The number of nitrogens with one attached hydrogen (secondary N) is 2. The summed E-state index contributed by atoms with van der Waals surface area (Å²) in [5.74, 6) is -0.347. The van der Waals surface area contributed by atoms with Crippen molar-refractivity contribution >= 4 is 23.7 Å². The predicted molar refractivity (Wildman–Crippen MR) is 120 cm³/mol. The van der Waals surface area contributed by atoms with Gasteiger partial charge in [0, 0.05) is 31.7 Å². The molecule has 30 heavy (non-hydrogen) atoms. The van der Waals surface area contributed by atoms with E-state index in [4.69, 9.17) is 11.5 Å². The van der Waals surface area contributed by atoms with Crippen molar-refractivity contribution in [2.24, 2.45) is 16.5 Å². The first-order valence-corrected chi connectivity index (χ1v) is 9.45. The lowest BCUT2D eigenvalue weighted by atomic mass is 10.1. The van der Waals surface area contributed by atoms with E-state index in [0.29, 0.717) is 25.2 Å². The van der Waals surface area contributed by atoms with Crippen molar-refractivity contribution in [3.8, 4) is 0 Å². The molecule has 2 rings (SSSR count). The van der Waals surface area contributed by atoms with Gasteiger partial charge in [-0.05, 0) is 22.3 Å². The van der Waals surface area contributed by atoms with Crippen LogP contribution in [0.4, 0.5) is 0 Å². The van der Waals surface area contributed by atoms with Crippen LogP contribution in [-0.2, 0) is 29.1 Å². The molecule has 0 atom stereocenters. The zero-order valence-corrected chi connectivity index (χ0v) is 17.0. The molecule has 0 aliphatic rings. The highest BCUT2D eigenvalue weighted by Gasteiger charge is 2.07. The molecule has 0 aromatic heterocycles. The van der Waals surface area contributed by atoms with Gasteiger partial charge in [-0.2, -0.15) is 0 Å². The molecule has 0 saturated carbocycles. The van der Waals surface area contributed by atoms with Crippen LogP contribution in [0.15, 0.2) is 71.9 Å². The Morgan fingerprint density at radius 2 is 1.63 bits per heavy atom. The Morgan fingerprint density at radius 3 is 2.20 bits per heavy atom. The van der Waals surface area contributed by atoms with Gasteiger partial charge in [0.15, 0.2) is 0 Å². The summed E-state index contributed by atoms with van der Waals surface area (Å²) in [5.41, 5.74) is 15.7. The minimum Gasteiger partial charge on any atom is -0.404 e. The molecular formula is C23H27N5O2. The van der Waals surface area contributed by atoms with E-state index in [9.17, 15) is 9.59 Å². The Morgan fingerprint density at radius 1 is 1.03 bits per heavy atom. The molecule has 2 aromatic rings. The number of amides is 2. The van der Waals surface area contributed by atoms with E-state index in [1.165, 1.54) is 12.4 Å². The predicted octanol–water partition coefficient (Wildman–Crippen LogP) is 1.63. The molecule has 0 unspecified atom stereocenters. The zero-order chi connectivity index (χ0) is 21.9. The average molecular weight is 406 g/mol. The fourth-order valence-electron chi connectivity index (χ4n) is 2.58. The number of nitrogens with two attached hydrogens (primary N) is 2. The van der Waals surface area contributed by atoms with Crippen LogP contribution in [0.2, 0.25) is 0 Å². The third kappa shape index (κ3) is 6.94. The van der Waals surface area contributed by atoms with Crippen molar-refractivity contribution < 1.29 is 9.59 Å². The number of nitrogens with zero attached hydrogens (tertiary/aromatic N) is 1. The van der Waals surface area contributed by atoms with Gasteiger partial charge in [-0.25, -0.2) is 0 Å². The SMILES string of the molecule is C=C(N)c1ccc(CNC(=O)/C(C=NCc2ccc(CC(=O)NC)cc2)=C/N)cc1. The number of hydrogen-bond donors (Lipinski definition) is 4. The molecule has 7 heteroatoms. The lowest BCUT2D eigenvalue weighted by Gasteiger charge is -2.07. The molecule has 0 spiro atoms. The van der Waals surface area contributed by atoms with E-state index < -0.39 is 0 Å². The summed E-state index contributed by atoms with van der Waals surface area (Å²) in [6.07, 6.45) is 3.02. The number of hydrogen-bond acceptors (Lipinski definition) is 5. The molecule has 2 amide bonds. The smallest absolute Gasteiger partial charge is 0.254 e. The summed E-state index contributed by atoms with van der Waals surface area (Å²) in [4.78, 5) is 28.0. The normalized spacial score (nSPS) is 11.3. The maximum atomic E-state index is 12.3. The molecule has 2 aromatic carbocycles. The highest BCUT2D eigenvalue weighted by atomic mass is 16.2. The molecule has 6 N–H and O–H groups in total. The Hall–Kier alpha value is -3.87. The largest absolute Gasteiger partial charge is 0.404 e. The monoisotopic (exact) mass is 405 g/mol. The van der Waals surface area contributed by atoms with Gasteiger partial charge in [0.05, 0.1) is 18.5 Å². The van der Waals surface area contributed by atoms with E-state index in [1.54, 1.807) is 7.05 Å². The van der Waals surface area contributed by atoms with Gasteiger partial charge in [0.25, 0.3) is 5.91 Å². The van der Waals surface area contributed by atoms with Crippen molar-refractivity contribution in [3.63, 3.8) is 0 Å². The van der Waals surface area contributed by atoms with E-state index in [2.05, 4.69) is 22.2 Å². The minimum atomic E-state index is -0.311. The van der Waals surface area contributed by atoms with Gasteiger partial charge in [-0.3, -0.25) is 14.6 Å². The second-order valence-electron chi connectivity index (χ2n) is 6.66. The molecule has 0 aliphatic heterocycles. The molecule has 0 saturated heterocycles. The Balaban J connectivity index is 1.86. The highest BCUT2D eigenvalue weighted by molar-refractivity contribution is 6.11. The van der Waals surface area contributed by atoms with Crippen LogP contribution in [0, 0.1) is 0 Å². The topological polar surface area (TPSA) is 123 Å². The number of likely N-dealkylation sites (N-methyl/N-ethyl adjacent to an activating group) is 1. The maximum absolute atomic E-state index is 12.3. The fraction of sp³-hybridized carbons (Fsp3) is 0.174.